The van der Waals surface area contributed by atoms with Crippen molar-refractivity contribution in [2.75, 3.05) is 37.8 Å². The topological polar surface area (TPSA) is 107 Å². The fourth-order valence-electron chi connectivity index (χ4n) is 2.37. The van der Waals surface area contributed by atoms with Gasteiger partial charge < -0.3 is 21.1 Å². The molecule has 24 heavy (non-hydrogen) atoms. The maximum atomic E-state index is 12.4. The van der Waals surface area contributed by atoms with E-state index in [2.05, 4.69) is 9.97 Å². The van der Waals surface area contributed by atoms with Gasteiger partial charge in [0.05, 0.1) is 13.2 Å². The van der Waals surface area contributed by atoms with Crippen molar-refractivity contribution in [3.8, 4) is 0 Å². The fourth-order valence-corrected chi connectivity index (χ4v) is 3.20. The van der Waals surface area contributed by atoms with Gasteiger partial charge in [0, 0.05) is 30.5 Å². The molecule has 0 unspecified atom stereocenters. The Hall–Kier alpha value is -2.32. The molecule has 0 atom stereocenters. The number of carbonyl (C=O) groups excluding carboxylic acids is 1. The van der Waals surface area contributed by atoms with Gasteiger partial charge in [-0.05, 0) is 17.7 Å². The molecule has 4 N–H and O–H groups in total. The lowest BCUT2D eigenvalue weighted by Gasteiger charge is -2.26. The molecule has 1 aliphatic rings. The van der Waals surface area contributed by atoms with Crippen LogP contribution in [0.5, 0.6) is 0 Å². The average Bonchev–Trinajstić information content (AvgIpc) is 2.60. The Morgan fingerprint density at radius 3 is 2.38 bits per heavy atom. The maximum Gasteiger partial charge on any atom is 0.254 e. The van der Waals surface area contributed by atoms with Gasteiger partial charge in [-0.25, -0.2) is 9.97 Å². The van der Waals surface area contributed by atoms with Crippen molar-refractivity contribution in [3.63, 3.8) is 0 Å². The number of nitrogens with zero attached hydrogens (tertiary/aromatic N) is 3. The number of aromatic nitrogens is 2. The third-order valence-electron chi connectivity index (χ3n) is 3.61. The zero-order chi connectivity index (χ0) is 16.9. The van der Waals surface area contributed by atoms with E-state index < -0.39 is 0 Å². The Labute approximate surface area is 144 Å². The molecule has 1 aliphatic heterocycles. The molecule has 8 heteroatoms. The number of morpholine rings is 1. The predicted molar refractivity (Wildman–Crippen MR) is 93.6 cm³/mol. The van der Waals surface area contributed by atoms with Gasteiger partial charge in [-0.2, -0.15) is 0 Å². The Bertz CT molecular complexity index is 697. The second kappa shape index (κ2) is 7.50. The molecular formula is C16H19N5O2S. The van der Waals surface area contributed by atoms with Crippen molar-refractivity contribution in [2.45, 2.75) is 10.9 Å². The van der Waals surface area contributed by atoms with Crippen LogP contribution in [-0.2, 0) is 10.5 Å². The molecule has 0 radical (unpaired) electrons. The minimum absolute atomic E-state index is 0.0458. The Balaban J connectivity index is 1.60. The minimum Gasteiger partial charge on any atom is -0.383 e. The lowest BCUT2D eigenvalue weighted by molar-refractivity contribution is 0.0303. The molecule has 7 nitrogen and oxygen atoms in total. The van der Waals surface area contributed by atoms with Crippen LogP contribution in [0.1, 0.15) is 15.9 Å². The molecule has 1 fully saturated rings. The van der Waals surface area contributed by atoms with Crippen molar-refractivity contribution in [1.82, 2.24) is 14.9 Å². The van der Waals surface area contributed by atoms with Crippen molar-refractivity contribution < 1.29 is 9.53 Å². The summed E-state index contributed by atoms with van der Waals surface area (Å²) in [5, 5.41) is 0.543. The smallest absolute Gasteiger partial charge is 0.254 e. The van der Waals surface area contributed by atoms with E-state index in [1.807, 2.05) is 29.2 Å². The second-order valence-corrected chi connectivity index (χ2v) is 6.33. The number of thioether (sulfide) groups is 1. The van der Waals surface area contributed by atoms with Crippen molar-refractivity contribution in [2.24, 2.45) is 0 Å². The first kappa shape index (κ1) is 16.5. The van der Waals surface area contributed by atoms with Crippen molar-refractivity contribution in [1.29, 1.82) is 0 Å². The largest absolute Gasteiger partial charge is 0.383 e. The van der Waals surface area contributed by atoms with Crippen molar-refractivity contribution >= 4 is 29.3 Å². The molecule has 126 valence electrons. The van der Waals surface area contributed by atoms with E-state index >= 15 is 0 Å². The number of rotatable bonds is 4. The van der Waals surface area contributed by atoms with E-state index in [1.165, 1.54) is 17.8 Å². The molecule has 0 spiro atoms. The summed E-state index contributed by atoms with van der Waals surface area (Å²) in [5.74, 6) is 1.44. The quantitative estimate of drug-likeness (QED) is 0.637. The molecule has 1 aromatic carbocycles. The van der Waals surface area contributed by atoms with Crippen LogP contribution in [0.15, 0.2) is 35.5 Å². The monoisotopic (exact) mass is 345 g/mol. The van der Waals surface area contributed by atoms with Gasteiger partial charge in [0.25, 0.3) is 5.91 Å². The number of hydrogen-bond donors (Lipinski definition) is 2. The van der Waals surface area contributed by atoms with Gasteiger partial charge in [0.2, 0.25) is 0 Å². The van der Waals surface area contributed by atoms with Gasteiger partial charge >= 0.3 is 0 Å². The fraction of sp³-hybridized carbons (Fsp3) is 0.312. The number of amides is 1. The SMILES string of the molecule is Nc1cc(N)nc(SCc2ccc(C(=O)N3CCOCC3)cc2)n1. The normalized spacial score (nSPS) is 14.6. The van der Waals surface area contributed by atoms with Crippen LogP contribution in [0, 0.1) is 0 Å². The van der Waals surface area contributed by atoms with E-state index in [1.54, 1.807) is 0 Å². The highest BCUT2D eigenvalue weighted by Gasteiger charge is 2.18. The molecule has 2 heterocycles. The summed E-state index contributed by atoms with van der Waals surface area (Å²) in [5.41, 5.74) is 13.1. The molecule has 0 bridgehead atoms. The van der Waals surface area contributed by atoms with Gasteiger partial charge in [-0.3, -0.25) is 4.79 Å². The Morgan fingerprint density at radius 1 is 1.12 bits per heavy atom. The number of benzene rings is 1. The first-order chi connectivity index (χ1) is 11.6. The number of ether oxygens (including phenoxy) is 1. The van der Waals surface area contributed by atoms with Gasteiger partial charge in [-0.1, -0.05) is 23.9 Å². The molecule has 0 aliphatic carbocycles. The van der Waals surface area contributed by atoms with E-state index in [9.17, 15) is 4.79 Å². The highest BCUT2D eigenvalue weighted by atomic mass is 32.2. The highest BCUT2D eigenvalue weighted by molar-refractivity contribution is 7.98. The van der Waals surface area contributed by atoms with E-state index in [-0.39, 0.29) is 5.91 Å². The van der Waals surface area contributed by atoms with Crippen LogP contribution in [0.4, 0.5) is 11.6 Å². The summed E-state index contributed by atoms with van der Waals surface area (Å²) in [6, 6.07) is 9.10. The zero-order valence-electron chi connectivity index (χ0n) is 13.1. The second-order valence-electron chi connectivity index (χ2n) is 5.39. The third kappa shape index (κ3) is 4.15. The summed E-state index contributed by atoms with van der Waals surface area (Å²) < 4.78 is 5.27. The number of nitrogen functional groups attached to an aromatic ring is 2. The third-order valence-corrected chi connectivity index (χ3v) is 4.53. The highest BCUT2D eigenvalue weighted by Crippen LogP contribution is 2.21. The van der Waals surface area contributed by atoms with E-state index in [0.29, 0.717) is 54.4 Å². The van der Waals surface area contributed by atoms with Gasteiger partial charge in [0.1, 0.15) is 11.6 Å². The summed E-state index contributed by atoms with van der Waals surface area (Å²) in [6.07, 6.45) is 0. The molecular weight excluding hydrogens is 326 g/mol. The molecule has 1 saturated heterocycles. The molecule has 0 saturated carbocycles. The summed E-state index contributed by atoms with van der Waals surface area (Å²) >= 11 is 1.45. The van der Waals surface area contributed by atoms with Gasteiger partial charge in [-0.15, -0.1) is 0 Å². The van der Waals surface area contributed by atoms with Crippen molar-refractivity contribution in [3.05, 3.63) is 41.5 Å². The van der Waals surface area contributed by atoms with Crippen LogP contribution in [0.3, 0.4) is 0 Å². The predicted octanol–water partition coefficient (Wildman–Crippen LogP) is 1.41. The Kier molecular flexibility index (Phi) is 5.17. The van der Waals surface area contributed by atoms with Crippen LogP contribution in [0.25, 0.3) is 0 Å². The molecule has 3 rings (SSSR count). The van der Waals surface area contributed by atoms with Crippen LogP contribution < -0.4 is 11.5 Å². The molecule has 2 aromatic rings. The minimum atomic E-state index is 0.0458. The van der Waals surface area contributed by atoms with E-state index in [4.69, 9.17) is 16.2 Å². The summed E-state index contributed by atoms with van der Waals surface area (Å²) in [6.45, 7) is 2.49. The number of nitrogens with two attached hydrogens (primary N) is 2. The van der Waals surface area contributed by atoms with Crippen LogP contribution >= 0.6 is 11.8 Å². The van der Waals surface area contributed by atoms with E-state index in [0.717, 1.165) is 5.56 Å². The molecule has 1 aromatic heterocycles. The lowest BCUT2D eigenvalue weighted by atomic mass is 10.1. The molecule has 1 amide bonds. The average molecular weight is 345 g/mol. The Morgan fingerprint density at radius 2 is 1.75 bits per heavy atom. The first-order valence-corrected chi connectivity index (χ1v) is 8.59. The first-order valence-electron chi connectivity index (χ1n) is 7.60. The standard InChI is InChI=1S/C16H19N5O2S/c17-13-9-14(18)20-16(19-13)24-10-11-1-3-12(4-2-11)15(22)21-5-7-23-8-6-21/h1-4,9H,5-8,10H2,(H4,17,18,19,20). The van der Waals surface area contributed by atoms with Gasteiger partial charge in [0.15, 0.2) is 5.16 Å². The zero-order valence-corrected chi connectivity index (χ0v) is 14.0. The van der Waals surface area contributed by atoms with Crippen LogP contribution in [-0.4, -0.2) is 47.1 Å². The van der Waals surface area contributed by atoms with Crippen LogP contribution in [0.2, 0.25) is 0 Å². The summed E-state index contributed by atoms with van der Waals surface area (Å²) in [4.78, 5) is 22.5. The number of anilines is 2. The lowest BCUT2D eigenvalue weighted by Crippen LogP contribution is -2.40. The summed E-state index contributed by atoms with van der Waals surface area (Å²) in [7, 11) is 0. The number of carbonyl (C=O) groups is 1. The maximum absolute atomic E-state index is 12.4. The number of hydrogen-bond acceptors (Lipinski definition) is 7.